The maximum absolute atomic E-state index is 12.6. The number of nitrogens with one attached hydrogen (secondary N) is 1. The summed E-state index contributed by atoms with van der Waals surface area (Å²) < 4.78 is 2.14. The molecule has 3 nitrogen and oxygen atoms in total. The van der Waals surface area contributed by atoms with Gasteiger partial charge in [0.1, 0.15) is 0 Å². The summed E-state index contributed by atoms with van der Waals surface area (Å²) in [5.74, 6) is 0.131. The Morgan fingerprint density at radius 3 is 2.71 bits per heavy atom. The van der Waals surface area contributed by atoms with Crippen LogP contribution in [0.4, 0.5) is 0 Å². The van der Waals surface area contributed by atoms with E-state index >= 15 is 0 Å². The molecule has 21 heavy (non-hydrogen) atoms. The van der Waals surface area contributed by atoms with Crippen LogP contribution < -0.4 is 5.32 Å². The van der Waals surface area contributed by atoms with Gasteiger partial charge in [0.05, 0.1) is 5.69 Å². The van der Waals surface area contributed by atoms with Gasteiger partial charge < -0.3 is 9.88 Å². The lowest BCUT2D eigenvalue weighted by atomic mass is 10.0. The van der Waals surface area contributed by atoms with Crippen molar-refractivity contribution in [2.75, 3.05) is 13.1 Å². The van der Waals surface area contributed by atoms with Gasteiger partial charge in [0.25, 0.3) is 0 Å². The maximum atomic E-state index is 12.6. The van der Waals surface area contributed by atoms with Crippen LogP contribution in [0.2, 0.25) is 5.02 Å². The lowest BCUT2D eigenvalue weighted by Crippen LogP contribution is -2.30. The summed E-state index contributed by atoms with van der Waals surface area (Å²) >= 11 is 6.15. The van der Waals surface area contributed by atoms with E-state index in [1.165, 1.54) is 0 Å². The predicted octanol–water partition coefficient (Wildman–Crippen LogP) is 3.49. The number of nitrogens with zero attached hydrogens (tertiary/aromatic N) is 1. The van der Waals surface area contributed by atoms with Gasteiger partial charge in [-0.25, -0.2) is 0 Å². The molecule has 1 aliphatic rings. The van der Waals surface area contributed by atoms with Gasteiger partial charge in [-0.3, -0.25) is 4.79 Å². The summed E-state index contributed by atoms with van der Waals surface area (Å²) in [6, 6.07) is 11.8. The van der Waals surface area contributed by atoms with Gasteiger partial charge in [0.15, 0.2) is 5.78 Å². The highest BCUT2D eigenvalue weighted by atomic mass is 35.5. The molecule has 1 N–H and O–H groups in total. The molecule has 2 heterocycles. The van der Waals surface area contributed by atoms with E-state index in [9.17, 15) is 4.79 Å². The predicted molar refractivity (Wildman–Crippen MR) is 85.1 cm³/mol. The number of hydrogen-bond acceptors (Lipinski definition) is 2. The van der Waals surface area contributed by atoms with Gasteiger partial charge in [-0.15, -0.1) is 0 Å². The molecule has 1 saturated heterocycles. The minimum Gasteiger partial charge on any atom is -0.342 e. The van der Waals surface area contributed by atoms with Crippen molar-refractivity contribution >= 4 is 17.4 Å². The number of ketones is 1. The highest BCUT2D eigenvalue weighted by Crippen LogP contribution is 2.23. The smallest absolute Gasteiger partial charge is 0.183 e. The Balaban J connectivity index is 1.79. The summed E-state index contributed by atoms with van der Waals surface area (Å²) in [6.45, 7) is 2.03. The molecule has 0 radical (unpaired) electrons. The molecule has 0 spiro atoms. The SMILES string of the molecule is O=C(Cc1ccccc1Cl)c1cccn1C1CCNCC1. The minimum atomic E-state index is 0.131. The zero-order chi connectivity index (χ0) is 14.7. The van der Waals surface area contributed by atoms with E-state index in [1.54, 1.807) is 0 Å². The second kappa shape index (κ2) is 6.46. The normalized spacial score (nSPS) is 16.0. The Morgan fingerprint density at radius 2 is 1.95 bits per heavy atom. The molecule has 0 unspecified atom stereocenters. The highest BCUT2D eigenvalue weighted by Gasteiger charge is 2.20. The van der Waals surface area contributed by atoms with Crippen LogP contribution in [0, 0.1) is 0 Å². The Bertz CT molecular complexity index is 629. The molecule has 1 aromatic carbocycles. The van der Waals surface area contributed by atoms with E-state index in [0.717, 1.165) is 37.2 Å². The van der Waals surface area contributed by atoms with Crippen LogP contribution in [0.1, 0.15) is 34.9 Å². The second-order valence-corrected chi connectivity index (χ2v) is 5.88. The number of hydrogen-bond donors (Lipinski definition) is 1. The van der Waals surface area contributed by atoms with Crippen LogP contribution in [0.3, 0.4) is 0 Å². The number of carbonyl (C=O) groups excluding carboxylic acids is 1. The number of rotatable bonds is 4. The average molecular weight is 303 g/mol. The first-order chi connectivity index (χ1) is 10.3. The van der Waals surface area contributed by atoms with Crippen molar-refractivity contribution in [3.8, 4) is 0 Å². The number of piperidine rings is 1. The van der Waals surface area contributed by atoms with Crippen molar-refractivity contribution in [2.45, 2.75) is 25.3 Å². The average Bonchev–Trinajstić information content (AvgIpc) is 3.00. The Kier molecular flexibility index (Phi) is 4.42. The van der Waals surface area contributed by atoms with Crippen molar-refractivity contribution in [3.63, 3.8) is 0 Å². The van der Waals surface area contributed by atoms with Gasteiger partial charge in [-0.2, -0.15) is 0 Å². The summed E-state index contributed by atoms with van der Waals surface area (Å²) in [5.41, 5.74) is 1.68. The van der Waals surface area contributed by atoms with Crippen molar-refractivity contribution in [2.24, 2.45) is 0 Å². The molecule has 1 fully saturated rings. The maximum Gasteiger partial charge on any atom is 0.183 e. The molecule has 1 aromatic heterocycles. The number of carbonyl (C=O) groups is 1. The minimum absolute atomic E-state index is 0.131. The first-order valence-electron chi connectivity index (χ1n) is 7.40. The quantitative estimate of drug-likeness (QED) is 0.877. The largest absolute Gasteiger partial charge is 0.342 e. The third kappa shape index (κ3) is 3.20. The summed E-state index contributed by atoms with van der Waals surface area (Å²) in [7, 11) is 0. The van der Waals surface area contributed by atoms with Crippen LogP contribution in [0.5, 0.6) is 0 Å². The standard InChI is InChI=1S/C17H19ClN2O/c18-15-5-2-1-4-13(15)12-17(21)16-6-3-11-20(16)14-7-9-19-10-8-14/h1-6,11,14,19H,7-10,12H2. The highest BCUT2D eigenvalue weighted by molar-refractivity contribution is 6.31. The molecular weight excluding hydrogens is 284 g/mol. The molecule has 4 heteroatoms. The molecule has 0 aliphatic carbocycles. The second-order valence-electron chi connectivity index (χ2n) is 5.47. The zero-order valence-corrected chi connectivity index (χ0v) is 12.6. The lowest BCUT2D eigenvalue weighted by Gasteiger charge is -2.26. The number of benzene rings is 1. The molecule has 2 aromatic rings. The first kappa shape index (κ1) is 14.4. The van der Waals surface area contributed by atoms with E-state index in [1.807, 2.05) is 42.6 Å². The molecular formula is C17H19ClN2O. The monoisotopic (exact) mass is 302 g/mol. The molecule has 1 aliphatic heterocycles. The molecule has 0 saturated carbocycles. The molecule has 110 valence electrons. The van der Waals surface area contributed by atoms with Gasteiger partial charge in [-0.05, 0) is 49.7 Å². The van der Waals surface area contributed by atoms with Crippen LogP contribution in [-0.2, 0) is 6.42 Å². The molecule has 0 bridgehead atoms. The zero-order valence-electron chi connectivity index (χ0n) is 11.9. The van der Waals surface area contributed by atoms with Crippen molar-refractivity contribution < 1.29 is 4.79 Å². The van der Waals surface area contributed by atoms with Crippen molar-refractivity contribution in [3.05, 3.63) is 58.9 Å². The van der Waals surface area contributed by atoms with Crippen LogP contribution >= 0.6 is 11.6 Å². The van der Waals surface area contributed by atoms with Crippen molar-refractivity contribution in [1.82, 2.24) is 9.88 Å². The van der Waals surface area contributed by atoms with Crippen LogP contribution in [0.25, 0.3) is 0 Å². The molecule has 0 amide bonds. The number of aromatic nitrogens is 1. The molecule has 3 rings (SSSR count). The van der Waals surface area contributed by atoms with Gasteiger partial charge in [0.2, 0.25) is 0 Å². The Morgan fingerprint density at radius 1 is 1.19 bits per heavy atom. The van der Waals surface area contributed by atoms with E-state index in [4.69, 9.17) is 11.6 Å². The Hall–Kier alpha value is -1.58. The van der Waals surface area contributed by atoms with E-state index < -0.39 is 0 Å². The lowest BCUT2D eigenvalue weighted by molar-refractivity contribution is 0.0980. The fourth-order valence-corrected chi connectivity index (χ4v) is 3.14. The van der Waals surface area contributed by atoms with Gasteiger partial charge in [0, 0.05) is 23.7 Å². The third-order valence-electron chi connectivity index (χ3n) is 4.08. The third-order valence-corrected chi connectivity index (χ3v) is 4.44. The molecule has 0 atom stereocenters. The fraction of sp³-hybridized carbons (Fsp3) is 0.353. The van der Waals surface area contributed by atoms with Crippen LogP contribution in [-0.4, -0.2) is 23.4 Å². The summed E-state index contributed by atoms with van der Waals surface area (Å²) in [4.78, 5) is 12.6. The van der Waals surface area contributed by atoms with Gasteiger partial charge >= 0.3 is 0 Å². The van der Waals surface area contributed by atoms with E-state index in [2.05, 4.69) is 9.88 Å². The number of Topliss-reactive ketones (excluding diaryl/α,β-unsaturated/α-hetero) is 1. The van der Waals surface area contributed by atoms with E-state index in [0.29, 0.717) is 17.5 Å². The van der Waals surface area contributed by atoms with Crippen LogP contribution in [0.15, 0.2) is 42.6 Å². The van der Waals surface area contributed by atoms with E-state index in [-0.39, 0.29) is 5.78 Å². The topological polar surface area (TPSA) is 34.0 Å². The number of halogens is 1. The summed E-state index contributed by atoms with van der Waals surface area (Å²) in [5, 5.41) is 4.02. The first-order valence-corrected chi connectivity index (χ1v) is 7.77. The fourth-order valence-electron chi connectivity index (χ4n) is 2.94. The van der Waals surface area contributed by atoms with Gasteiger partial charge in [-0.1, -0.05) is 29.8 Å². The Labute approximate surface area is 129 Å². The van der Waals surface area contributed by atoms with Crippen molar-refractivity contribution in [1.29, 1.82) is 0 Å². The summed E-state index contributed by atoms with van der Waals surface area (Å²) in [6.07, 6.45) is 4.52.